The van der Waals surface area contributed by atoms with Gasteiger partial charge in [0.2, 0.25) is 0 Å². The molecule has 0 bridgehead atoms. The molecule has 0 aliphatic rings. The van der Waals surface area contributed by atoms with Gasteiger partial charge in [0.1, 0.15) is 17.6 Å². The highest BCUT2D eigenvalue weighted by Crippen LogP contribution is 2.23. The van der Waals surface area contributed by atoms with Crippen LogP contribution >= 0.6 is 0 Å². The van der Waals surface area contributed by atoms with Gasteiger partial charge in [0.15, 0.2) is 11.5 Å². The maximum atomic E-state index is 12.7. The lowest BCUT2D eigenvalue weighted by atomic mass is 10.1. The van der Waals surface area contributed by atoms with E-state index in [9.17, 15) is 9.59 Å². The van der Waals surface area contributed by atoms with E-state index in [2.05, 4.69) is 0 Å². The van der Waals surface area contributed by atoms with Crippen LogP contribution in [0, 0.1) is 0 Å². The molecule has 27 heavy (non-hydrogen) atoms. The molecule has 0 spiro atoms. The van der Waals surface area contributed by atoms with Crippen LogP contribution in [0.25, 0.3) is 22.1 Å². The van der Waals surface area contributed by atoms with Crippen molar-refractivity contribution >= 4 is 16.9 Å². The average Bonchev–Trinajstić information content (AvgIpc) is 2.69. The Hall–Kier alpha value is -3.08. The van der Waals surface area contributed by atoms with Crippen molar-refractivity contribution in [3.63, 3.8) is 0 Å². The molecule has 0 aliphatic carbocycles. The standard InChI is InChI=1S/C22H22O5/c1-3-4-12-25-22(24)15(2)27-17-10-11-18-20(13-17)26-14-19(21(18)23)16-8-6-5-7-9-16/h5-11,13-15H,3-4,12H2,1-2H3. The topological polar surface area (TPSA) is 65.7 Å². The van der Waals surface area contributed by atoms with Crippen LogP contribution in [-0.4, -0.2) is 18.7 Å². The molecule has 140 valence electrons. The molecule has 3 aromatic rings. The summed E-state index contributed by atoms with van der Waals surface area (Å²) in [6, 6.07) is 14.3. The third-order valence-corrected chi connectivity index (χ3v) is 4.22. The molecule has 5 nitrogen and oxygen atoms in total. The Balaban J connectivity index is 1.80. The molecule has 3 rings (SSSR count). The maximum absolute atomic E-state index is 12.7. The Labute approximate surface area is 157 Å². The van der Waals surface area contributed by atoms with E-state index in [0.29, 0.717) is 28.9 Å². The summed E-state index contributed by atoms with van der Waals surface area (Å²) in [5.41, 5.74) is 1.60. The van der Waals surface area contributed by atoms with Gasteiger partial charge in [0.25, 0.3) is 0 Å². The van der Waals surface area contributed by atoms with Gasteiger partial charge in [-0.3, -0.25) is 4.79 Å². The number of hydrogen-bond acceptors (Lipinski definition) is 5. The summed E-state index contributed by atoms with van der Waals surface area (Å²) in [5, 5.41) is 0.460. The lowest BCUT2D eigenvalue weighted by Gasteiger charge is -2.14. The predicted octanol–water partition coefficient (Wildman–Crippen LogP) is 4.57. The van der Waals surface area contributed by atoms with E-state index in [1.807, 2.05) is 37.3 Å². The molecule has 1 atom stereocenters. The molecule has 2 aromatic carbocycles. The first-order valence-corrected chi connectivity index (χ1v) is 9.04. The summed E-state index contributed by atoms with van der Waals surface area (Å²) in [6.07, 6.45) is 2.49. The summed E-state index contributed by atoms with van der Waals surface area (Å²) in [5.74, 6) is 0.0301. The lowest BCUT2D eigenvalue weighted by molar-refractivity contribution is -0.151. The Morgan fingerprint density at radius 2 is 1.93 bits per heavy atom. The second-order valence-electron chi connectivity index (χ2n) is 6.28. The van der Waals surface area contributed by atoms with E-state index in [1.54, 1.807) is 25.1 Å². The van der Waals surface area contributed by atoms with Crippen molar-refractivity contribution in [3.05, 3.63) is 65.0 Å². The van der Waals surface area contributed by atoms with Crippen LogP contribution in [0.1, 0.15) is 26.7 Å². The Morgan fingerprint density at radius 3 is 2.67 bits per heavy atom. The SMILES string of the molecule is CCCCOC(=O)C(C)Oc1ccc2c(=O)c(-c3ccccc3)coc2c1. The maximum Gasteiger partial charge on any atom is 0.347 e. The first kappa shape index (κ1) is 18.7. The van der Waals surface area contributed by atoms with Gasteiger partial charge in [-0.1, -0.05) is 43.7 Å². The first-order valence-electron chi connectivity index (χ1n) is 9.04. The van der Waals surface area contributed by atoms with Gasteiger partial charge in [-0.25, -0.2) is 4.79 Å². The molecule has 0 N–H and O–H groups in total. The van der Waals surface area contributed by atoms with E-state index < -0.39 is 12.1 Å². The Kier molecular flexibility index (Phi) is 5.91. The second kappa shape index (κ2) is 8.54. The minimum atomic E-state index is -0.741. The van der Waals surface area contributed by atoms with Crippen molar-refractivity contribution in [2.24, 2.45) is 0 Å². The zero-order valence-corrected chi connectivity index (χ0v) is 15.4. The van der Waals surface area contributed by atoms with Crippen LogP contribution in [0.3, 0.4) is 0 Å². The van der Waals surface area contributed by atoms with E-state index in [-0.39, 0.29) is 5.43 Å². The van der Waals surface area contributed by atoms with E-state index >= 15 is 0 Å². The predicted molar refractivity (Wildman–Crippen MR) is 104 cm³/mol. The van der Waals surface area contributed by atoms with Crippen molar-refractivity contribution in [3.8, 4) is 16.9 Å². The molecule has 1 heterocycles. The summed E-state index contributed by atoms with van der Waals surface area (Å²) in [6.45, 7) is 4.05. The van der Waals surface area contributed by atoms with Crippen LogP contribution in [0.2, 0.25) is 0 Å². The van der Waals surface area contributed by atoms with Crippen molar-refractivity contribution in [2.45, 2.75) is 32.8 Å². The molecular weight excluding hydrogens is 344 g/mol. The largest absolute Gasteiger partial charge is 0.479 e. The molecule has 0 amide bonds. The van der Waals surface area contributed by atoms with Gasteiger partial charge in [0, 0.05) is 6.07 Å². The number of hydrogen-bond donors (Lipinski definition) is 0. The fourth-order valence-corrected chi connectivity index (χ4v) is 2.69. The van der Waals surface area contributed by atoms with E-state index in [4.69, 9.17) is 13.9 Å². The summed E-state index contributed by atoms with van der Waals surface area (Å²) in [4.78, 5) is 24.7. The summed E-state index contributed by atoms with van der Waals surface area (Å²) >= 11 is 0. The summed E-state index contributed by atoms with van der Waals surface area (Å²) in [7, 11) is 0. The fraction of sp³-hybridized carbons (Fsp3) is 0.273. The molecule has 5 heteroatoms. The number of carbonyl (C=O) groups is 1. The highest BCUT2D eigenvalue weighted by atomic mass is 16.6. The second-order valence-corrected chi connectivity index (χ2v) is 6.28. The highest BCUT2D eigenvalue weighted by Gasteiger charge is 2.17. The number of ether oxygens (including phenoxy) is 2. The molecule has 0 fully saturated rings. The normalized spacial score (nSPS) is 11.9. The van der Waals surface area contributed by atoms with Crippen molar-refractivity contribution < 1.29 is 18.7 Å². The number of esters is 1. The third kappa shape index (κ3) is 4.37. The molecule has 0 radical (unpaired) electrons. The average molecular weight is 366 g/mol. The minimum Gasteiger partial charge on any atom is -0.479 e. The van der Waals surface area contributed by atoms with Gasteiger partial charge < -0.3 is 13.9 Å². The Morgan fingerprint density at radius 1 is 1.15 bits per heavy atom. The lowest BCUT2D eigenvalue weighted by Crippen LogP contribution is -2.26. The number of rotatable bonds is 7. The molecule has 0 saturated heterocycles. The van der Waals surface area contributed by atoms with Crippen LogP contribution in [-0.2, 0) is 9.53 Å². The van der Waals surface area contributed by atoms with Gasteiger partial charge in [0.05, 0.1) is 17.6 Å². The van der Waals surface area contributed by atoms with Crippen molar-refractivity contribution in [1.29, 1.82) is 0 Å². The van der Waals surface area contributed by atoms with E-state index in [1.165, 1.54) is 6.26 Å². The van der Waals surface area contributed by atoms with Crippen LogP contribution in [0.15, 0.2) is 64.0 Å². The smallest absolute Gasteiger partial charge is 0.347 e. The Bertz CT molecular complexity index is 975. The molecule has 1 unspecified atom stereocenters. The third-order valence-electron chi connectivity index (χ3n) is 4.22. The molecular formula is C22H22O5. The quantitative estimate of drug-likeness (QED) is 0.453. The molecule has 1 aromatic heterocycles. The van der Waals surface area contributed by atoms with Gasteiger partial charge in [-0.2, -0.15) is 0 Å². The van der Waals surface area contributed by atoms with Gasteiger partial charge in [-0.15, -0.1) is 0 Å². The number of benzene rings is 2. The van der Waals surface area contributed by atoms with Crippen LogP contribution < -0.4 is 10.2 Å². The van der Waals surface area contributed by atoms with E-state index in [0.717, 1.165) is 18.4 Å². The minimum absolute atomic E-state index is 0.110. The zero-order chi connectivity index (χ0) is 19.2. The number of unbranched alkanes of at least 4 members (excludes halogenated alkanes) is 1. The van der Waals surface area contributed by atoms with Crippen molar-refractivity contribution in [2.75, 3.05) is 6.61 Å². The number of carbonyl (C=O) groups excluding carboxylic acids is 1. The van der Waals surface area contributed by atoms with Gasteiger partial charge >= 0.3 is 5.97 Å². The monoisotopic (exact) mass is 366 g/mol. The van der Waals surface area contributed by atoms with Crippen LogP contribution in [0.4, 0.5) is 0 Å². The van der Waals surface area contributed by atoms with Crippen molar-refractivity contribution in [1.82, 2.24) is 0 Å². The summed E-state index contributed by atoms with van der Waals surface area (Å²) < 4.78 is 16.4. The molecule has 0 saturated carbocycles. The fourth-order valence-electron chi connectivity index (χ4n) is 2.69. The van der Waals surface area contributed by atoms with Gasteiger partial charge in [-0.05, 0) is 31.0 Å². The highest BCUT2D eigenvalue weighted by molar-refractivity contribution is 5.82. The zero-order valence-electron chi connectivity index (χ0n) is 15.4. The van der Waals surface area contributed by atoms with Crippen LogP contribution in [0.5, 0.6) is 5.75 Å². The molecule has 0 aliphatic heterocycles. The number of fused-ring (bicyclic) bond motifs is 1. The first-order chi connectivity index (χ1) is 13.1.